The van der Waals surface area contributed by atoms with Crippen LogP contribution in [0.15, 0.2) is 6.08 Å². The fourth-order valence-electron chi connectivity index (χ4n) is 2.16. The Morgan fingerprint density at radius 2 is 2.21 bits per heavy atom. The molecule has 6 heteroatoms. The number of rotatable bonds is 4. The van der Waals surface area contributed by atoms with Gasteiger partial charge in [0.25, 0.3) is 0 Å². The van der Waals surface area contributed by atoms with Crippen molar-refractivity contribution in [2.75, 3.05) is 38.6 Å². The van der Waals surface area contributed by atoms with Gasteiger partial charge in [0.05, 0.1) is 5.69 Å². The lowest BCUT2D eigenvalue weighted by molar-refractivity contribution is 0.305. The van der Waals surface area contributed by atoms with Crippen molar-refractivity contribution in [2.24, 2.45) is 0 Å². The predicted molar refractivity (Wildman–Crippen MR) is 88.0 cm³/mol. The average Bonchev–Trinajstić information content (AvgIpc) is 2.72. The van der Waals surface area contributed by atoms with Crippen LogP contribution in [0, 0.1) is 0 Å². The van der Waals surface area contributed by atoms with Crippen molar-refractivity contribution in [3.05, 3.63) is 16.1 Å². The molecule has 1 aromatic rings. The SMILES string of the molecule is CCCN1CCC=C(c2nc(N(C)C)sc2Cl)C1.Cl. The first-order chi connectivity index (χ1) is 8.61. The Bertz CT molecular complexity index is 443. The van der Waals surface area contributed by atoms with E-state index in [9.17, 15) is 0 Å². The monoisotopic (exact) mass is 321 g/mol. The number of halogens is 2. The van der Waals surface area contributed by atoms with Gasteiger partial charge in [-0.15, -0.1) is 12.4 Å². The van der Waals surface area contributed by atoms with E-state index in [0.29, 0.717) is 0 Å². The van der Waals surface area contributed by atoms with Crippen LogP contribution in [0.3, 0.4) is 0 Å². The van der Waals surface area contributed by atoms with Gasteiger partial charge in [0.2, 0.25) is 0 Å². The lowest BCUT2D eigenvalue weighted by Gasteiger charge is -2.26. The first kappa shape index (κ1) is 16.8. The van der Waals surface area contributed by atoms with Gasteiger partial charge in [-0.3, -0.25) is 4.90 Å². The quantitative estimate of drug-likeness (QED) is 0.841. The molecule has 1 aliphatic rings. The second-order valence-electron chi connectivity index (χ2n) is 4.81. The lowest BCUT2D eigenvalue weighted by Crippen LogP contribution is -2.30. The molecule has 0 saturated carbocycles. The van der Waals surface area contributed by atoms with Gasteiger partial charge in [0, 0.05) is 27.2 Å². The molecule has 0 unspecified atom stereocenters. The van der Waals surface area contributed by atoms with Crippen LogP contribution in [0.4, 0.5) is 5.13 Å². The number of aromatic nitrogens is 1. The van der Waals surface area contributed by atoms with Crippen LogP contribution in [-0.2, 0) is 0 Å². The Labute approximate surface area is 130 Å². The normalized spacial score (nSPS) is 15.9. The van der Waals surface area contributed by atoms with Gasteiger partial charge in [-0.1, -0.05) is 35.9 Å². The van der Waals surface area contributed by atoms with Crippen LogP contribution >= 0.6 is 35.3 Å². The third kappa shape index (κ3) is 4.09. The Morgan fingerprint density at radius 3 is 2.79 bits per heavy atom. The summed E-state index contributed by atoms with van der Waals surface area (Å²) in [6.45, 7) is 5.50. The highest BCUT2D eigenvalue weighted by Crippen LogP contribution is 2.35. The van der Waals surface area contributed by atoms with Crippen LogP contribution in [0.1, 0.15) is 25.5 Å². The molecule has 3 nitrogen and oxygen atoms in total. The summed E-state index contributed by atoms with van der Waals surface area (Å²) >= 11 is 7.87. The first-order valence-corrected chi connectivity index (χ1v) is 7.56. The average molecular weight is 322 g/mol. The summed E-state index contributed by atoms with van der Waals surface area (Å²) in [5.74, 6) is 0. The van der Waals surface area contributed by atoms with E-state index in [-0.39, 0.29) is 12.4 Å². The number of hydrogen-bond donors (Lipinski definition) is 0. The molecular weight excluding hydrogens is 301 g/mol. The van der Waals surface area contributed by atoms with Crippen molar-refractivity contribution in [3.63, 3.8) is 0 Å². The van der Waals surface area contributed by atoms with Crippen molar-refractivity contribution in [1.82, 2.24) is 9.88 Å². The predicted octanol–water partition coefficient (Wildman–Crippen LogP) is 3.78. The van der Waals surface area contributed by atoms with Crippen LogP contribution in [-0.4, -0.2) is 43.6 Å². The summed E-state index contributed by atoms with van der Waals surface area (Å²) in [4.78, 5) is 9.12. The van der Waals surface area contributed by atoms with E-state index >= 15 is 0 Å². The zero-order valence-electron chi connectivity index (χ0n) is 11.6. The van der Waals surface area contributed by atoms with Crippen LogP contribution in [0.25, 0.3) is 5.57 Å². The first-order valence-electron chi connectivity index (χ1n) is 6.37. The minimum atomic E-state index is 0. The Hall–Kier alpha value is -0.290. The smallest absolute Gasteiger partial charge is 0.186 e. The second kappa shape index (κ2) is 7.48. The van der Waals surface area contributed by atoms with Gasteiger partial charge >= 0.3 is 0 Å². The second-order valence-corrected chi connectivity index (χ2v) is 6.39. The molecule has 0 bridgehead atoms. The molecule has 0 radical (unpaired) electrons. The topological polar surface area (TPSA) is 19.4 Å². The molecule has 1 aromatic heterocycles. The molecule has 0 aromatic carbocycles. The summed E-state index contributed by atoms with van der Waals surface area (Å²) in [5, 5.41) is 0.975. The van der Waals surface area contributed by atoms with E-state index in [2.05, 4.69) is 22.9 Å². The van der Waals surface area contributed by atoms with Gasteiger partial charge < -0.3 is 4.90 Å². The molecule has 0 N–H and O–H groups in total. The molecule has 0 amide bonds. The van der Waals surface area contributed by atoms with E-state index in [4.69, 9.17) is 11.6 Å². The molecule has 0 atom stereocenters. The maximum Gasteiger partial charge on any atom is 0.186 e. The molecule has 2 rings (SSSR count). The molecule has 1 aliphatic heterocycles. The maximum atomic E-state index is 6.32. The van der Waals surface area contributed by atoms with Gasteiger partial charge in [-0.25, -0.2) is 4.98 Å². The van der Waals surface area contributed by atoms with Gasteiger partial charge in [-0.05, 0) is 25.0 Å². The van der Waals surface area contributed by atoms with Crippen LogP contribution < -0.4 is 4.90 Å². The lowest BCUT2D eigenvalue weighted by atomic mass is 10.1. The Balaban J connectivity index is 0.00000180. The maximum absolute atomic E-state index is 6.32. The summed E-state index contributed by atoms with van der Waals surface area (Å²) in [7, 11) is 4.00. The summed E-state index contributed by atoms with van der Waals surface area (Å²) < 4.78 is 0.809. The number of hydrogen-bond acceptors (Lipinski definition) is 4. The van der Waals surface area contributed by atoms with Crippen molar-refractivity contribution >= 4 is 46.0 Å². The zero-order valence-corrected chi connectivity index (χ0v) is 14.0. The van der Waals surface area contributed by atoms with Crippen LogP contribution in [0.5, 0.6) is 0 Å². The fourth-order valence-corrected chi connectivity index (χ4v) is 3.29. The summed E-state index contributed by atoms with van der Waals surface area (Å²) in [6.07, 6.45) is 4.58. The molecule has 0 saturated heterocycles. The highest BCUT2D eigenvalue weighted by Gasteiger charge is 2.19. The summed E-state index contributed by atoms with van der Waals surface area (Å²) in [5.41, 5.74) is 2.26. The van der Waals surface area contributed by atoms with Gasteiger partial charge in [-0.2, -0.15) is 0 Å². The number of nitrogens with zero attached hydrogens (tertiary/aromatic N) is 3. The van der Waals surface area contributed by atoms with Crippen molar-refractivity contribution in [2.45, 2.75) is 19.8 Å². The Kier molecular flexibility index (Phi) is 6.60. The van der Waals surface area contributed by atoms with E-state index in [0.717, 1.165) is 41.2 Å². The van der Waals surface area contributed by atoms with E-state index in [1.54, 1.807) is 11.3 Å². The third-order valence-electron chi connectivity index (χ3n) is 3.03. The number of thiazole rings is 1. The molecular formula is C13H21Cl2N3S. The fraction of sp³-hybridized carbons (Fsp3) is 0.615. The molecule has 0 spiro atoms. The minimum absolute atomic E-state index is 0. The third-order valence-corrected chi connectivity index (χ3v) is 4.45. The summed E-state index contributed by atoms with van der Waals surface area (Å²) in [6, 6.07) is 0. The highest BCUT2D eigenvalue weighted by atomic mass is 35.5. The van der Waals surface area contributed by atoms with Gasteiger partial charge in [0.15, 0.2) is 5.13 Å². The molecule has 2 heterocycles. The van der Waals surface area contributed by atoms with E-state index < -0.39 is 0 Å². The van der Waals surface area contributed by atoms with E-state index in [1.165, 1.54) is 12.0 Å². The van der Waals surface area contributed by atoms with Crippen molar-refractivity contribution in [3.8, 4) is 0 Å². The molecule has 0 aliphatic carbocycles. The van der Waals surface area contributed by atoms with E-state index in [1.807, 2.05) is 19.0 Å². The minimum Gasteiger partial charge on any atom is -0.354 e. The molecule has 108 valence electrons. The molecule has 19 heavy (non-hydrogen) atoms. The standard InChI is InChI=1S/C13H20ClN3S.ClH/c1-4-7-17-8-5-6-10(9-17)11-12(14)18-13(15-11)16(2)3;/h6H,4-5,7-9H2,1-3H3;1H. The van der Waals surface area contributed by atoms with Gasteiger partial charge in [0.1, 0.15) is 4.34 Å². The Morgan fingerprint density at radius 1 is 1.47 bits per heavy atom. The van der Waals surface area contributed by atoms with Crippen molar-refractivity contribution < 1.29 is 0 Å². The zero-order chi connectivity index (χ0) is 13.1. The van der Waals surface area contributed by atoms with Crippen molar-refractivity contribution in [1.29, 1.82) is 0 Å². The number of anilines is 1. The largest absolute Gasteiger partial charge is 0.354 e. The molecule has 0 fully saturated rings. The highest BCUT2D eigenvalue weighted by molar-refractivity contribution is 7.19. The van der Waals surface area contributed by atoms with Crippen LogP contribution in [0.2, 0.25) is 4.34 Å².